The number of H-pyrrole nitrogens is 1. The number of nitrogens with two attached hydrogens (primary N) is 1. The fraction of sp³-hybridized carbons (Fsp3) is 0.448. The first-order valence-electron chi connectivity index (χ1n) is 14.0. The molecule has 0 saturated carbocycles. The number of hydrogen-bond acceptors (Lipinski definition) is 8. The summed E-state index contributed by atoms with van der Waals surface area (Å²) in [5, 5.41) is 21.5. The largest absolute Gasteiger partial charge is 0.485 e. The van der Waals surface area contributed by atoms with Gasteiger partial charge in [0.2, 0.25) is 0 Å². The number of ether oxygens (including phenoxy) is 1. The molecule has 1 aliphatic heterocycles. The minimum Gasteiger partial charge on any atom is -0.485 e. The van der Waals surface area contributed by atoms with Gasteiger partial charge in [-0.2, -0.15) is 0 Å². The average Bonchev–Trinajstić information content (AvgIpc) is 3.48. The quantitative estimate of drug-likeness (QED) is 0.146. The van der Waals surface area contributed by atoms with Crippen LogP contribution >= 0.6 is 0 Å². The van der Waals surface area contributed by atoms with Gasteiger partial charge >= 0.3 is 0 Å². The third-order valence-corrected chi connectivity index (χ3v) is 7.80. The number of nitrogens with zero attached hydrogens (tertiary/aromatic N) is 6. The van der Waals surface area contributed by atoms with E-state index in [1.54, 1.807) is 22.8 Å². The molecule has 210 valence electrons. The molecule has 11 heteroatoms. The maximum atomic E-state index is 13.9. The van der Waals surface area contributed by atoms with Gasteiger partial charge in [0.05, 0.1) is 11.0 Å². The number of aromatic nitrogens is 6. The monoisotopic (exact) mass is 543 g/mol. The molecule has 3 heterocycles. The predicted octanol–water partition coefficient (Wildman–Crippen LogP) is 3.87. The van der Waals surface area contributed by atoms with Crippen LogP contribution in [0.2, 0.25) is 0 Å². The third kappa shape index (κ3) is 6.20. The Labute approximate surface area is 233 Å². The average molecular weight is 544 g/mol. The third-order valence-electron chi connectivity index (χ3n) is 7.80. The Kier molecular flexibility index (Phi) is 8.49. The number of unbranched alkanes of at least 4 members (excludes halogenated alkanes) is 2. The maximum Gasteiger partial charge on any atom is 0.277 e. The van der Waals surface area contributed by atoms with E-state index >= 15 is 0 Å². The van der Waals surface area contributed by atoms with Crippen molar-refractivity contribution in [3.63, 3.8) is 0 Å². The lowest BCUT2D eigenvalue weighted by atomic mass is 9.97. The number of tetrazole rings is 1. The van der Waals surface area contributed by atoms with E-state index in [9.17, 15) is 4.79 Å². The summed E-state index contributed by atoms with van der Waals surface area (Å²) < 4.78 is 7.68. The fourth-order valence-corrected chi connectivity index (χ4v) is 5.60. The van der Waals surface area contributed by atoms with Crippen LogP contribution in [0.4, 0.5) is 0 Å². The Hall–Kier alpha value is -4.12. The number of aromatic amines is 1. The van der Waals surface area contributed by atoms with E-state index in [1.807, 2.05) is 24.3 Å². The smallest absolute Gasteiger partial charge is 0.277 e. The first-order valence-corrected chi connectivity index (χ1v) is 14.0. The van der Waals surface area contributed by atoms with Crippen molar-refractivity contribution >= 4 is 16.9 Å². The number of hydrogen-bond donors (Lipinski definition) is 3. The van der Waals surface area contributed by atoms with Gasteiger partial charge < -0.3 is 15.0 Å². The van der Waals surface area contributed by atoms with Crippen LogP contribution in [0.15, 0.2) is 47.3 Å². The van der Waals surface area contributed by atoms with Crippen molar-refractivity contribution in [3.8, 4) is 17.0 Å². The highest BCUT2D eigenvalue weighted by atomic mass is 16.5. The van der Waals surface area contributed by atoms with Gasteiger partial charge in [-0.1, -0.05) is 31.0 Å². The molecule has 1 fully saturated rings. The lowest BCUT2D eigenvalue weighted by Gasteiger charge is -2.39. The molecule has 40 heavy (non-hydrogen) atoms. The lowest BCUT2D eigenvalue weighted by molar-refractivity contribution is 0.101. The van der Waals surface area contributed by atoms with Crippen molar-refractivity contribution in [2.24, 2.45) is 5.73 Å². The Balaban J connectivity index is 1.40. The van der Waals surface area contributed by atoms with E-state index in [0.29, 0.717) is 58.1 Å². The summed E-state index contributed by atoms with van der Waals surface area (Å²) in [5.74, 6) is 1.05. The maximum absolute atomic E-state index is 13.9. The molecule has 5 rings (SSSR count). The van der Waals surface area contributed by atoms with Crippen LogP contribution < -0.4 is 16.0 Å². The standard InChI is InChI=1S/C29H37N9O2/c1-19-8-6-9-20(2)37(19)14-4-3-5-15-38-25-17-23(40-18-26-33-35-36-34-26)12-13-24(25)32-27(29(38)39)21-10-7-11-22(16-21)28(30)31/h7,10-13,16-17,19-20H,3-6,8-9,14-15,18H2,1-2H3,(H3,30,31)(H,33,34,35,36)/t19-,20+. The Morgan fingerprint density at radius 1 is 1.10 bits per heavy atom. The Morgan fingerprint density at radius 3 is 2.65 bits per heavy atom. The highest BCUT2D eigenvalue weighted by molar-refractivity contribution is 5.96. The summed E-state index contributed by atoms with van der Waals surface area (Å²) in [5.41, 5.74) is 8.47. The molecular formula is C29H37N9O2. The van der Waals surface area contributed by atoms with E-state index < -0.39 is 0 Å². The van der Waals surface area contributed by atoms with Crippen molar-refractivity contribution in [2.45, 2.75) is 77.6 Å². The van der Waals surface area contributed by atoms with Gasteiger partial charge in [0.25, 0.3) is 5.56 Å². The summed E-state index contributed by atoms with van der Waals surface area (Å²) in [4.78, 5) is 21.2. The zero-order chi connectivity index (χ0) is 28.1. The molecular weight excluding hydrogens is 506 g/mol. The van der Waals surface area contributed by atoms with Crippen LogP contribution in [0.5, 0.6) is 5.75 Å². The molecule has 4 aromatic rings. The predicted molar refractivity (Wildman–Crippen MR) is 154 cm³/mol. The molecule has 0 aliphatic carbocycles. The van der Waals surface area contributed by atoms with Gasteiger partial charge in [0.1, 0.15) is 23.9 Å². The zero-order valence-electron chi connectivity index (χ0n) is 23.1. The Bertz CT molecular complexity index is 1510. The van der Waals surface area contributed by atoms with Crippen molar-refractivity contribution in [1.82, 2.24) is 35.1 Å². The lowest BCUT2D eigenvalue weighted by Crippen LogP contribution is -2.44. The van der Waals surface area contributed by atoms with Gasteiger partial charge in [0, 0.05) is 35.8 Å². The van der Waals surface area contributed by atoms with E-state index in [1.165, 1.54) is 19.3 Å². The Morgan fingerprint density at radius 2 is 1.90 bits per heavy atom. The molecule has 1 aliphatic rings. The summed E-state index contributed by atoms with van der Waals surface area (Å²) in [6.07, 6.45) is 6.85. The number of benzene rings is 2. The summed E-state index contributed by atoms with van der Waals surface area (Å²) in [6, 6.07) is 13.9. The summed E-state index contributed by atoms with van der Waals surface area (Å²) >= 11 is 0. The van der Waals surface area contributed by atoms with Gasteiger partial charge in [-0.05, 0) is 74.7 Å². The van der Waals surface area contributed by atoms with Gasteiger partial charge in [-0.25, -0.2) is 10.1 Å². The minimum absolute atomic E-state index is 0.0518. The molecule has 4 N–H and O–H groups in total. The molecule has 0 bridgehead atoms. The highest BCUT2D eigenvalue weighted by Gasteiger charge is 2.23. The number of fused-ring (bicyclic) bond motifs is 1. The summed E-state index contributed by atoms with van der Waals surface area (Å²) in [6.45, 7) is 6.50. The molecule has 2 atom stereocenters. The fourth-order valence-electron chi connectivity index (χ4n) is 5.60. The molecule has 0 unspecified atom stereocenters. The van der Waals surface area contributed by atoms with Crippen LogP contribution in [0.3, 0.4) is 0 Å². The highest BCUT2D eigenvalue weighted by Crippen LogP contribution is 2.25. The topological polar surface area (TPSA) is 152 Å². The van der Waals surface area contributed by atoms with Gasteiger partial charge in [-0.3, -0.25) is 15.1 Å². The van der Waals surface area contributed by atoms with Crippen LogP contribution in [0.25, 0.3) is 22.3 Å². The van der Waals surface area contributed by atoms with E-state index in [2.05, 4.69) is 39.4 Å². The SMILES string of the molecule is C[C@@H]1CCC[C@H](C)N1CCCCCn1c(=O)c(-c2cccc(C(=N)N)c2)nc2ccc(OCc3nnn[nH]3)cc21. The molecule has 0 amide bonds. The van der Waals surface area contributed by atoms with E-state index in [0.717, 1.165) is 25.8 Å². The van der Waals surface area contributed by atoms with Crippen LogP contribution in [0.1, 0.15) is 63.8 Å². The van der Waals surface area contributed by atoms with E-state index in [-0.39, 0.29) is 18.0 Å². The normalized spacial score (nSPS) is 17.8. The number of amidine groups is 1. The van der Waals surface area contributed by atoms with Gasteiger partial charge in [0.15, 0.2) is 5.82 Å². The van der Waals surface area contributed by atoms with Crippen molar-refractivity contribution in [2.75, 3.05) is 6.54 Å². The van der Waals surface area contributed by atoms with Crippen LogP contribution in [0, 0.1) is 5.41 Å². The second-order valence-electron chi connectivity index (χ2n) is 10.6. The van der Waals surface area contributed by atoms with Crippen molar-refractivity contribution < 1.29 is 4.74 Å². The van der Waals surface area contributed by atoms with Crippen molar-refractivity contribution in [3.05, 3.63) is 64.2 Å². The zero-order valence-corrected chi connectivity index (χ0v) is 23.1. The number of rotatable bonds is 11. The number of aryl methyl sites for hydroxylation is 1. The van der Waals surface area contributed by atoms with E-state index in [4.69, 9.17) is 20.9 Å². The number of piperidine rings is 1. The molecule has 1 saturated heterocycles. The molecule has 2 aromatic carbocycles. The summed E-state index contributed by atoms with van der Waals surface area (Å²) in [7, 11) is 0. The molecule has 2 aromatic heterocycles. The number of nitrogens with one attached hydrogen (secondary N) is 2. The first-order chi connectivity index (χ1) is 19.4. The number of likely N-dealkylation sites (tertiary alicyclic amines) is 1. The van der Waals surface area contributed by atoms with Crippen LogP contribution in [-0.4, -0.2) is 59.5 Å². The van der Waals surface area contributed by atoms with Crippen molar-refractivity contribution in [1.29, 1.82) is 5.41 Å². The first kappa shape index (κ1) is 27.4. The minimum atomic E-state index is -0.178. The molecule has 0 spiro atoms. The molecule has 0 radical (unpaired) electrons. The van der Waals surface area contributed by atoms with Gasteiger partial charge in [-0.15, -0.1) is 5.10 Å². The van der Waals surface area contributed by atoms with Crippen LogP contribution in [-0.2, 0) is 13.2 Å². The second-order valence-corrected chi connectivity index (χ2v) is 10.6. The molecule has 11 nitrogen and oxygen atoms in total. The number of nitrogen functional groups attached to an aromatic ring is 1. The second kappa shape index (κ2) is 12.4.